The first-order chi connectivity index (χ1) is 10.5. The summed E-state index contributed by atoms with van der Waals surface area (Å²) in [5, 5.41) is 0. The third kappa shape index (κ3) is 4.36. The van der Waals surface area contributed by atoms with Crippen molar-refractivity contribution in [1.29, 1.82) is 0 Å². The number of benzene rings is 2. The lowest BCUT2D eigenvalue weighted by Crippen LogP contribution is -2.29. The number of guanidine groups is 1. The first-order valence-corrected chi connectivity index (χ1v) is 7.66. The Kier molecular flexibility index (Phi) is 5.22. The molecule has 0 aliphatic heterocycles. The Morgan fingerprint density at radius 3 is 2.41 bits per heavy atom. The monoisotopic (exact) mass is 313 g/mol. The highest BCUT2D eigenvalue weighted by Crippen LogP contribution is 2.21. The fourth-order valence-electron chi connectivity index (χ4n) is 1.81. The Bertz CT molecular complexity index is 695. The van der Waals surface area contributed by atoms with Crippen molar-refractivity contribution in [2.45, 2.75) is 18.7 Å². The average Bonchev–Trinajstić information content (AvgIpc) is 2.47. The normalized spacial score (nSPS) is 11.3. The van der Waals surface area contributed by atoms with Gasteiger partial charge in [0.05, 0.1) is 0 Å². The van der Waals surface area contributed by atoms with E-state index in [-0.39, 0.29) is 11.9 Å². The molecule has 2 N–H and O–H groups in total. The van der Waals surface area contributed by atoms with Crippen LogP contribution >= 0.6 is 11.9 Å². The molecule has 22 heavy (non-hydrogen) atoms. The van der Waals surface area contributed by atoms with Crippen molar-refractivity contribution in [3.05, 3.63) is 65.2 Å². The van der Waals surface area contributed by atoms with Gasteiger partial charge in [0.1, 0.15) is 0 Å². The van der Waals surface area contributed by atoms with Crippen molar-refractivity contribution in [3.8, 4) is 0 Å². The number of rotatable bonds is 3. The van der Waals surface area contributed by atoms with Crippen LogP contribution in [-0.2, 0) is 0 Å². The highest BCUT2D eigenvalue weighted by Gasteiger charge is 2.09. The minimum Gasteiger partial charge on any atom is -0.369 e. The molecule has 0 heterocycles. The lowest BCUT2D eigenvalue weighted by atomic mass is 10.1. The van der Waals surface area contributed by atoms with Crippen molar-refractivity contribution >= 4 is 23.8 Å². The third-order valence-electron chi connectivity index (χ3n) is 3.07. The van der Waals surface area contributed by atoms with Gasteiger partial charge in [0.15, 0.2) is 0 Å². The number of aliphatic imine (C=N–C) groups is 1. The minimum absolute atomic E-state index is 0.178. The molecule has 0 atom stereocenters. The molecule has 1 amide bonds. The molecule has 0 aliphatic rings. The van der Waals surface area contributed by atoms with E-state index < -0.39 is 0 Å². The predicted octanol–water partition coefficient (Wildman–Crippen LogP) is 3.40. The Morgan fingerprint density at radius 1 is 1.09 bits per heavy atom. The second-order valence-corrected chi connectivity index (χ2v) is 6.25. The first kappa shape index (κ1) is 16.1. The largest absolute Gasteiger partial charge is 0.369 e. The van der Waals surface area contributed by atoms with E-state index in [2.05, 4.69) is 11.1 Å². The van der Waals surface area contributed by atoms with Crippen LogP contribution in [0.1, 0.15) is 21.5 Å². The van der Waals surface area contributed by atoms with E-state index >= 15 is 0 Å². The van der Waals surface area contributed by atoms with Crippen LogP contribution in [0.15, 0.2) is 58.4 Å². The van der Waals surface area contributed by atoms with Crippen LogP contribution < -0.4 is 5.73 Å². The van der Waals surface area contributed by atoms with Gasteiger partial charge >= 0.3 is 0 Å². The molecular weight excluding hydrogens is 294 g/mol. The maximum Gasteiger partial charge on any atom is 0.280 e. The summed E-state index contributed by atoms with van der Waals surface area (Å²) in [6.45, 7) is 4.00. The van der Waals surface area contributed by atoms with Crippen LogP contribution in [-0.4, -0.2) is 23.2 Å². The maximum atomic E-state index is 12.1. The summed E-state index contributed by atoms with van der Waals surface area (Å²) in [7, 11) is 1.79. The van der Waals surface area contributed by atoms with Crippen molar-refractivity contribution in [1.82, 2.24) is 4.31 Å². The number of carbonyl (C=O) groups excluding carboxylic acids is 1. The summed E-state index contributed by atoms with van der Waals surface area (Å²) in [6.07, 6.45) is 0. The highest BCUT2D eigenvalue weighted by molar-refractivity contribution is 7.97. The molecule has 2 aromatic carbocycles. The highest BCUT2D eigenvalue weighted by atomic mass is 32.2. The number of hydrogen-bond acceptors (Lipinski definition) is 2. The van der Waals surface area contributed by atoms with Gasteiger partial charge in [-0.25, -0.2) is 0 Å². The molecule has 2 aromatic rings. The van der Waals surface area contributed by atoms with Crippen molar-refractivity contribution < 1.29 is 4.79 Å². The van der Waals surface area contributed by atoms with Crippen LogP contribution in [0, 0.1) is 13.8 Å². The molecular formula is C17H19N3OS. The standard InChI is InChI=1S/C17H19N3OS/c1-12-7-9-14(10-8-12)16(21)19-17(18)20(3)22-15-6-4-5-13(2)11-15/h4-11H,1-3H3,(H2,18,19,21). The van der Waals surface area contributed by atoms with Gasteiger partial charge in [-0.3, -0.25) is 9.10 Å². The van der Waals surface area contributed by atoms with Gasteiger partial charge in [-0.2, -0.15) is 4.99 Å². The quantitative estimate of drug-likeness (QED) is 0.536. The average molecular weight is 313 g/mol. The summed E-state index contributed by atoms with van der Waals surface area (Å²) in [4.78, 5) is 17.1. The molecule has 0 saturated heterocycles. The summed E-state index contributed by atoms with van der Waals surface area (Å²) in [6, 6.07) is 15.3. The zero-order valence-electron chi connectivity index (χ0n) is 12.9. The molecule has 0 aliphatic carbocycles. The summed E-state index contributed by atoms with van der Waals surface area (Å²) in [5.41, 5.74) is 8.70. The molecule has 0 unspecified atom stereocenters. The second kappa shape index (κ2) is 7.13. The Labute approximate surface area is 135 Å². The Balaban J connectivity index is 2.07. The Hall–Kier alpha value is -2.27. The van der Waals surface area contributed by atoms with Crippen LogP contribution in [0.25, 0.3) is 0 Å². The molecule has 4 nitrogen and oxygen atoms in total. The number of amides is 1. The zero-order chi connectivity index (χ0) is 16.1. The van der Waals surface area contributed by atoms with Gasteiger partial charge in [-0.15, -0.1) is 0 Å². The molecule has 0 saturated carbocycles. The predicted molar refractivity (Wildman–Crippen MR) is 91.9 cm³/mol. The second-order valence-electron chi connectivity index (χ2n) is 5.05. The van der Waals surface area contributed by atoms with Crippen LogP contribution in [0.3, 0.4) is 0 Å². The van der Waals surface area contributed by atoms with E-state index in [9.17, 15) is 4.79 Å². The van der Waals surface area contributed by atoms with Crippen LogP contribution in [0.4, 0.5) is 0 Å². The molecule has 0 aromatic heterocycles. The molecule has 0 spiro atoms. The number of carbonyl (C=O) groups is 1. The molecule has 114 valence electrons. The lowest BCUT2D eigenvalue weighted by Gasteiger charge is -2.16. The number of hydrogen-bond donors (Lipinski definition) is 1. The van der Waals surface area contributed by atoms with E-state index in [1.807, 2.05) is 44.2 Å². The molecule has 0 fully saturated rings. The van der Waals surface area contributed by atoms with Crippen molar-refractivity contribution in [2.24, 2.45) is 10.7 Å². The molecule has 0 bridgehead atoms. The van der Waals surface area contributed by atoms with E-state index in [1.165, 1.54) is 17.5 Å². The fourth-order valence-corrected chi connectivity index (χ4v) is 2.64. The van der Waals surface area contributed by atoms with Gasteiger partial charge < -0.3 is 5.73 Å². The number of aryl methyl sites for hydroxylation is 2. The van der Waals surface area contributed by atoms with Crippen LogP contribution in [0.2, 0.25) is 0 Å². The zero-order valence-corrected chi connectivity index (χ0v) is 13.7. The smallest absolute Gasteiger partial charge is 0.280 e. The van der Waals surface area contributed by atoms with Crippen molar-refractivity contribution in [3.63, 3.8) is 0 Å². The molecule has 2 rings (SSSR count). The van der Waals surface area contributed by atoms with Gasteiger partial charge in [-0.1, -0.05) is 29.8 Å². The van der Waals surface area contributed by atoms with Crippen molar-refractivity contribution in [2.75, 3.05) is 7.05 Å². The number of nitrogens with zero attached hydrogens (tertiary/aromatic N) is 2. The van der Waals surface area contributed by atoms with E-state index in [0.29, 0.717) is 5.56 Å². The van der Waals surface area contributed by atoms with E-state index in [4.69, 9.17) is 5.73 Å². The molecule has 0 radical (unpaired) electrons. The topological polar surface area (TPSA) is 58.7 Å². The van der Waals surface area contributed by atoms with Gasteiger partial charge in [-0.05, 0) is 55.6 Å². The summed E-state index contributed by atoms with van der Waals surface area (Å²) < 4.78 is 1.68. The van der Waals surface area contributed by atoms with E-state index in [1.54, 1.807) is 23.5 Å². The number of nitrogens with two attached hydrogens (primary N) is 1. The summed E-state index contributed by atoms with van der Waals surface area (Å²) >= 11 is 1.43. The van der Waals surface area contributed by atoms with Crippen LogP contribution in [0.5, 0.6) is 0 Å². The molecule has 5 heteroatoms. The third-order valence-corrected chi connectivity index (χ3v) is 3.99. The van der Waals surface area contributed by atoms with Gasteiger partial charge in [0, 0.05) is 17.5 Å². The summed E-state index contributed by atoms with van der Waals surface area (Å²) in [5.74, 6) is -0.161. The Morgan fingerprint density at radius 2 is 1.77 bits per heavy atom. The van der Waals surface area contributed by atoms with Gasteiger partial charge in [0.25, 0.3) is 5.91 Å². The van der Waals surface area contributed by atoms with Gasteiger partial charge in [0.2, 0.25) is 5.96 Å². The SMILES string of the molecule is Cc1ccc(C(=O)N=C(N)N(C)Sc2cccc(C)c2)cc1. The maximum absolute atomic E-state index is 12.1. The minimum atomic E-state index is -0.339. The first-order valence-electron chi connectivity index (χ1n) is 6.89. The lowest BCUT2D eigenvalue weighted by molar-refractivity contribution is 0.100. The van der Waals surface area contributed by atoms with E-state index in [0.717, 1.165) is 10.5 Å². The fraction of sp³-hybridized carbons (Fsp3) is 0.176.